The first-order valence-electron chi connectivity index (χ1n) is 9.16. The maximum Gasteiger partial charge on any atom is 0.239 e. The lowest BCUT2D eigenvalue weighted by molar-refractivity contribution is -0.126. The molecule has 25 heavy (non-hydrogen) atoms. The van der Waals surface area contributed by atoms with E-state index in [1.807, 2.05) is 0 Å². The third-order valence-corrected chi connectivity index (χ3v) is 5.45. The average molecular weight is 398 g/mol. The molecule has 2 aliphatic heterocycles. The first kappa shape index (κ1) is 22.9. The first-order valence-corrected chi connectivity index (χ1v) is 9.16. The van der Waals surface area contributed by atoms with Crippen molar-refractivity contribution in [2.45, 2.75) is 38.1 Å². The molecule has 0 bridgehead atoms. The molecule has 1 aliphatic carbocycles. The van der Waals surface area contributed by atoms with Crippen molar-refractivity contribution in [3.63, 3.8) is 0 Å². The SMILES string of the molecule is Cl.Cl.O=C(NCC1(CN2CCOCC2)CCCCC1)C1COCCN1. The van der Waals surface area contributed by atoms with Crippen LogP contribution in [0.15, 0.2) is 0 Å². The Morgan fingerprint density at radius 1 is 1.08 bits per heavy atom. The summed E-state index contributed by atoms with van der Waals surface area (Å²) >= 11 is 0. The van der Waals surface area contributed by atoms with E-state index in [1.54, 1.807) is 0 Å². The lowest BCUT2D eigenvalue weighted by Gasteiger charge is -2.42. The van der Waals surface area contributed by atoms with Gasteiger partial charge in [-0.05, 0) is 12.8 Å². The van der Waals surface area contributed by atoms with Crippen molar-refractivity contribution in [1.82, 2.24) is 15.5 Å². The minimum atomic E-state index is -0.187. The fourth-order valence-corrected chi connectivity index (χ4v) is 4.06. The van der Waals surface area contributed by atoms with Crippen LogP contribution in [0.5, 0.6) is 0 Å². The van der Waals surface area contributed by atoms with Gasteiger partial charge in [-0.15, -0.1) is 24.8 Å². The van der Waals surface area contributed by atoms with Gasteiger partial charge in [-0.25, -0.2) is 0 Å². The zero-order valence-electron chi connectivity index (χ0n) is 15.0. The van der Waals surface area contributed by atoms with Gasteiger partial charge in [-0.3, -0.25) is 9.69 Å². The predicted octanol–water partition coefficient (Wildman–Crippen LogP) is 1.22. The van der Waals surface area contributed by atoms with Gasteiger partial charge in [0.1, 0.15) is 6.04 Å². The standard InChI is InChI=1S/C17H31N3O3.2ClH/c21-16(15-12-23-9-6-18-15)19-13-17(4-2-1-3-5-17)14-20-7-10-22-11-8-20;;/h15,18H,1-14H2,(H,19,21);2*1H. The molecule has 2 saturated heterocycles. The molecule has 3 rings (SSSR count). The molecule has 0 aromatic heterocycles. The Kier molecular flexibility index (Phi) is 10.6. The van der Waals surface area contributed by atoms with Crippen molar-refractivity contribution in [3.8, 4) is 0 Å². The average Bonchev–Trinajstić information content (AvgIpc) is 2.62. The quantitative estimate of drug-likeness (QED) is 0.729. The Balaban J connectivity index is 0.00000156. The van der Waals surface area contributed by atoms with Crippen molar-refractivity contribution < 1.29 is 14.3 Å². The van der Waals surface area contributed by atoms with E-state index >= 15 is 0 Å². The van der Waals surface area contributed by atoms with Gasteiger partial charge in [0.25, 0.3) is 0 Å². The number of ether oxygens (including phenoxy) is 2. The summed E-state index contributed by atoms with van der Waals surface area (Å²) in [7, 11) is 0. The molecule has 8 heteroatoms. The van der Waals surface area contributed by atoms with Crippen molar-refractivity contribution in [2.24, 2.45) is 5.41 Å². The molecule has 2 heterocycles. The molecule has 1 saturated carbocycles. The molecule has 148 valence electrons. The lowest BCUT2D eigenvalue weighted by Crippen LogP contribution is -2.55. The van der Waals surface area contributed by atoms with Gasteiger partial charge >= 0.3 is 0 Å². The molecule has 3 aliphatic rings. The van der Waals surface area contributed by atoms with E-state index < -0.39 is 0 Å². The van der Waals surface area contributed by atoms with Gasteiger partial charge in [-0.2, -0.15) is 0 Å². The Morgan fingerprint density at radius 3 is 2.44 bits per heavy atom. The van der Waals surface area contributed by atoms with E-state index in [1.165, 1.54) is 32.1 Å². The van der Waals surface area contributed by atoms with Crippen LogP contribution >= 0.6 is 24.8 Å². The second-order valence-electron chi connectivity index (χ2n) is 7.25. The number of carbonyl (C=O) groups excluding carboxylic acids is 1. The molecule has 1 unspecified atom stereocenters. The van der Waals surface area contributed by atoms with Gasteiger partial charge in [0.2, 0.25) is 5.91 Å². The molecule has 0 aromatic carbocycles. The number of hydrogen-bond donors (Lipinski definition) is 2. The molecule has 1 atom stereocenters. The highest BCUT2D eigenvalue weighted by molar-refractivity contribution is 5.85. The second-order valence-corrected chi connectivity index (χ2v) is 7.25. The first-order chi connectivity index (χ1) is 11.3. The summed E-state index contributed by atoms with van der Waals surface area (Å²) in [6, 6.07) is -0.187. The second kappa shape index (κ2) is 11.6. The third-order valence-electron chi connectivity index (χ3n) is 5.45. The maximum absolute atomic E-state index is 12.4. The van der Waals surface area contributed by atoms with E-state index in [2.05, 4.69) is 15.5 Å². The van der Waals surface area contributed by atoms with Crippen molar-refractivity contribution in [2.75, 3.05) is 59.2 Å². The van der Waals surface area contributed by atoms with Crippen LogP contribution in [0.4, 0.5) is 0 Å². The summed E-state index contributed by atoms with van der Waals surface area (Å²) in [5.41, 5.74) is 0.237. The van der Waals surface area contributed by atoms with E-state index in [0.717, 1.165) is 45.9 Å². The number of morpholine rings is 2. The van der Waals surface area contributed by atoms with Gasteiger partial charge in [0, 0.05) is 38.1 Å². The fourth-order valence-electron chi connectivity index (χ4n) is 4.06. The Bertz CT molecular complexity index is 383. The summed E-state index contributed by atoms with van der Waals surface area (Å²) in [5.74, 6) is 0.0941. The molecule has 0 spiro atoms. The zero-order valence-corrected chi connectivity index (χ0v) is 16.6. The minimum absolute atomic E-state index is 0. The van der Waals surface area contributed by atoms with Crippen LogP contribution in [-0.4, -0.2) is 76.0 Å². The Labute approximate surface area is 163 Å². The number of nitrogens with one attached hydrogen (secondary N) is 2. The summed E-state index contributed by atoms with van der Waals surface area (Å²) in [6.07, 6.45) is 6.34. The van der Waals surface area contributed by atoms with Crippen LogP contribution in [0.2, 0.25) is 0 Å². The number of amides is 1. The van der Waals surface area contributed by atoms with Gasteiger partial charge in [0.05, 0.1) is 26.4 Å². The Morgan fingerprint density at radius 2 is 1.80 bits per heavy atom. The molecule has 3 fully saturated rings. The van der Waals surface area contributed by atoms with E-state index in [0.29, 0.717) is 13.2 Å². The maximum atomic E-state index is 12.4. The monoisotopic (exact) mass is 397 g/mol. The van der Waals surface area contributed by atoms with Crippen LogP contribution in [0.3, 0.4) is 0 Å². The van der Waals surface area contributed by atoms with Crippen LogP contribution in [0, 0.1) is 5.41 Å². The number of rotatable bonds is 5. The minimum Gasteiger partial charge on any atom is -0.379 e. The molecule has 0 aromatic rings. The number of halogens is 2. The third kappa shape index (κ3) is 6.85. The zero-order chi connectivity index (χ0) is 16.0. The van der Waals surface area contributed by atoms with Crippen molar-refractivity contribution >= 4 is 30.7 Å². The molecular weight excluding hydrogens is 365 g/mol. The summed E-state index contributed by atoms with van der Waals surface area (Å²) in [6.45, 7) is 7.55. The fraction of sp³-hybridized carbons (Fsp3) is 0.941. The van der Waals surface area contributed by atoms with Gasteiger partial charge < -0.3 is 20.1 Å². The summed E-state index contributed by atoms with van der Waals surface area (Å²) in [4.78, 5) is 14.9. The highest BCUT2D eigenvalue weighted by Gasteiger charge is 2.35. The van der Waals surface area contributed by atoms with E-state index in [-0.39, 0.29) is 42.2 Å². The predicted molar refractivity (Wildman–Crippen MR) is 103 cm³/mol. The summed E-state index contributed by atoms with van der Waals surface area (Å²) < 4.78 is 10.9. The number of nitrogens with zero attached hydrogens (tertiary/aromatic N) is 1. The van der Waals surface area contributed by atoms with Crippen LogP contribution in [-0.2, 0) is 14.3 Å². The van der Waals surface area contributed by atoms with Gasteiger partial charge in [-0.1, -0.05) is 19.3 Å². The van der Waals surface area contributed by atoms with E-state index in [9.17, 15) is 4.79 Å². The van der Waals surface area contributed by atoms with Crippen molar-refractivity contribution in [3.05, 3.63) is 0 Å². The van der Waals surface area contributed by atoms with Crippen LogP contribution in [0.25, 0.3) is 0 Å². The normalized spacial score (nSPS) is 26.8. The molecule has 0 radical (unpaired) electrons. The lowest BCUT2D eigenvalue weighted by atomic mass is 9.73. The van der Waals surface area contributed by atoms with Crippen LogP contribution in [0.1, 0.15) is 32.1 Å². The molecule has 1 amide bonds. The number of hydrogen-bond acceptors (Lipinski definition) is 5. The summed E-state index contributed by atoms with van der Waals surface area (Å²) in [5, 5.41) is 6.45. The Hall–Kier alpha value is -0.110. The number of carbonyl (C=O) groups is 1. The molecular formula is C17H33Cl2N3O3. The highest BCUT2D eigenvalue weighted by Crippen LogP contribution is 2.36. The molecule has 6 nitrogen and oxygen atoms in total. The van der Waals surface area contributed by atoms with E-state index in [4.69, 9.17) is 9.47 Å². The molecule has 2 N–H and O–H groups in total. The topological polar surface area (TPSA) is 62.8 Å². The largest absolute Gasteiger partial charge is 0.379 e. The van der Waals surface area contributed by atoms with Gasteiger partial charge in [0.15, 0.2) is 0 Å². The highest BCUT2D eigenvalue weighted by atomic mass is 35.5. The van der Waals surface area contributed by atoms with Crippen molar-refractivity contribution in [1.29, 1.82) is 0 Å². The van der Waals surface area contributed by atoms with Crippen LogP contribution < -0.4 is 10.6 Å². The smallest absolute Gasteiger partial charge is 0.239 e.